The molecule has 0 amide bonds. The van der Waals surface area contributed by atoms with Crippen LogP contribution in [0.4, 0.5) is 13.2 Å². The first-order valence-electron chi connectivity index (χ1n) is 9.89. The lowest BCUT2D eigenvalue weighted by Gasteiger charge is -2.42. The summed E-state index contributed by atoms with van der Waals surface area (Å²) < 4.78 is 72.0. The molecule has 162 valence electrons. The quantitative estimate of drug-likeness (QED) is 0.773. The van der Waals surface area contributed by atoms with E-state index < -0.39 is 21.9 Å². The number of rotatable bonds is 5. The van der Waals surface area contributed by atoms with E-state index in [1.54, 1.807) is 0 Å². The first-order chi connectivity index (χ1) is 13.5. The molecule has 3 fully saturated rings. The second-order valence-corrected chi connectivity index (χ2v) is 10.7. The van der Waals surface area contributed by atoms with Crippen LogP contribution in [0.15, 0.2) is 17.0 Å². The van der Waals surface area contributed by atoms with Gasteiger partial charge >= 0.3 is 6.18 Å². The normalized spacial score (nSPS) is 29.6. The van der Waals surface area contributed by atoms with Gasteiger partial charge in [-0.3, -0.25) is 0 Å². The number of ether oxygens (including phenoxy) is 1. The molecule has 4 rings (SSSR count). The molecule has 1 N–H and O–H groups in total. The molecule has 0 radical (unpaired) electrons. The Morgan fingerprint density at radius 2 is 1.86 bits per heavy atom. The van der Waals surface area contributed by atoms with Crippen molar-refractivity contribution in [1.29, 1.82) is 0 Å². The number of sulfonamides is 1. The summed E-state index contributed by atoms with van der Waals surface area (Å²) >= 11 is 0. The fourth-order valence-corrected chi connectivity index (χ4v) is 6.78. The van der Waals surface area contributed by atoms with Gasteiger partial charge in [0.15, 0.2) is 0 Å². The molecular weight excluding hydrogens is 407 g/mol. The topological polar surface area (TPSA) is 71.5 Å². The van der Waals surface area contributed by atoms with Crippen LogP contribution in [0.2, 0.25) is 0 Å². The summed E-state index contributed by atoms with van der Waals surface area (Å²) in [5.41, 5.74) is -1.05. The highest BCUT2D eigenvalue weighted by atomic mass is 32.2. The minimum absolute atomic E-state index is 0.114. The highest BCUT2D eigenvalue weighted by Gasteiger charge is 2.48. The zero-order chi connectivity index (χ0) is 21.0. The van der Waals surface area contributed by atoms with E-state index in [0.29, 0.717) is 12.8 Å². The van der Waals surface area contributed by atoms with Crippen LogP contribution in [0, 0.1) is 12.3 Å². The minimum atomic E-state index is -4.60. The van der Waals surface area contributed by atoms with Crippen LogP contribution >= 0.6 is 0 Å². The van der Waals surface area contributed by atoms with E-state index in [-0.39, 0.29) is 34.1 Å². The van der Waals surface area contributed by atoms with Gasteiger partial charge < -0.3 is 10.1 Å². The van der Waals surface area contributed by atoms with Gasteiger partial charge in [-0.2, -0.15) is 17.5 Å². The number of hydrogen-bond donors (Lipinski definition) is 1. The molecule has 0 aliphatic carbocycles. The zero-order valence-corrected chi connectivity index (χ0v) is 17.3. The minimum Gasteiger partial charge on any atom is -0.380 e. The number of aryl methyl sites for hydroxylation is 1. The fourth-order valence-electron chi connectivity index (χ4n) is 4.73. The molecule has 2 bridgehead atoms. The summed E-state index contributed by atoms with van der Waals surface area (Å²) in [6.07, 6.45) is -1.64. The number of nitrogens with zero attached hydrogens (tertiary/aromatic N) is 2. The van der Waals surface area contributed by atoms with Crippen LogP contribution in [-0.2, 0) is 20.9 Å². The Bertz CT molecular complexity index is 872. The van der Waals surface area contributed by atoms with Gasteiger partial charge in [-0.25, -0.2) is 13.4 Å². The van der Waals surface area contributed by atoms with Crippen molar-refractivity contribution in [3.63, 3.8) is 0 Å². The molecule has 1 aromatic rings. The molecule has 0 aromatic carbocycles. The van der Waals surface area contributed by atoms with Gasteiger partial charge in [0.25, 0.3) is 0 Å². The summed E-state index contributed by atoms with van der Waals surface area (Å²) in [5, 5.41) is 3.57. The highest BCUT2D eigenvalue weighted by molar-refractivity contribution is 7.89. The lowest BCUT2D eigenvalue weighted by molar-refractivity contribution is -0.141. The second-order valence-electron chi connectivity index (χ2n) is 8.85. The molecule has 3 saturated heterocycles. The van der Waals surface area contributed by atoms with Crippen molar-refractivity contribution in [2.24, 2.45) is 5.41 Å². The number of aromatic nitrogens is 1. The molecule has 3 aliphatic rings. The van der Waals surface area contributed by atoms with Crippen molar-refractivity contribution in [1.82, 2.24) is 14.6 Å². The molecular formula is C19H26F3N3O3S. The van der Waals surface area contributed by atoms with Crippen LogP contribution < -0.4 is 5.32 Å². The van der Waals surface area contributed by atoms with E-state index in [9.17, 15) is 21.6 Å². The molecule has 1 aromatic heterocycles. The molecule has 10 heteroatoms. The van der Waals surface area contributed by atoms with Gasteiger partial charge in [-0.05, 0) is 44.7 Å². The van der Waals surface area contributed by atoms with E-state index in [4.69, 9.17) is 4.74 Å². The van der Waals surface area contributed by atoms with E-state index in [2.05, 4.69) is 17.2 Å². The van der Waals surface area contributed by atoms with Crippen LogP contribution in [0.1, 0.15) is 44.0 Å². The number of fused-ring (bicyclic) bond motifs is 2. The van der Waals surface area contributed by atoms with Crippen molar-refractivity contribution in [2.75, 3.05) is 19.8 Å². The maximum absolute atomic E-state index is 13.3. The molecule has 3 aliphatic heterocycles. The maximum atomic E-state index is 13.3. The summed E-state index contributed by atoms with van der Waals surface area (Å²) in [6, 6.07) is 1.76. The molecule has 29 heavy (non-hydrogen) atoms. The number of halogens is 3. The third-order valence-corrected chi connectivity index (χ3v) is 8.41. The number of nitrogens with one attached hydrogen (secondary N) is 1. The lowest BCUT2D eigenvalue weighted by atomic mass is 9.87. The van der Waals surface area contributed by atoms with Gasteiger partial charge in [-0.1, -0.05) is 6.92 Å². The predicted octanol–water partition coefficient (Wildman–Crippen LogP) is 2.72. The Hall–Kier alpha value is -1.23. The van der Waals surface area contributed by atoms with E-state index in [1.807, 2.05) is 0 Å². The number of piperidine rings is 1. The van der Waals surface area contributed by atoms with Crippen molar-refractivity contribution in [3.05, 3.63) is 23.5 Å². The van der Waals surface area contributed by atoms with E-state index in [0.717, 1.165) is 44.7 Å². The first kappa shape index (κ1) is 21.0. The predicted molar refractivity (Wildman–Crippen MR) is 99.8 cm³/mol. The van der Waals surface area contributed by atoms with Crippen molar-refractivity contribution in [3.8, 4) is 0 Å². The van der Waals surface area contributed by atoms with Crippen LogP contribution in [0.5, 0.6) is 0 Å². The second kappa shape index (κ2) is 7.18. The van der Waals surface area contributed by atoms with Gasteiger partial charge in [0.05, 0.1) is 18.9 Å². The fraction of sp³-hybridized carbons (Fsp3) is 0.737. The van der Waals surface area contributed by atoms with Crippen LogP contribution in [0.25, 0.3) is 0 Å². The third kappa shape index (κ3) is 3.92. The van der Waals surface area contributed by atoms with Crippen LogP contribution in [0.3, 0.4) is 0 Å². The van der Waals surface area contributed by atoms with Crippen molar-refractivity contribution in [2.45, 2.75) is 68.7 Å². The van der Waals surface area contributed by atoms with E-state index >= 15 is 0 Å². The molecule has 2 unspecified atom stereocenters. The molecule has 3 atom stereocenters. The number of hydrogen-bond acceptors (Lipinski definition) is 5. The van der Waals surface area contributed by atoms with Gasteiger partial charge in [-0.15, -0.1) is 0 Å². The zero-order valence-electron chi connectivity index (χ0n) is 16.5. The maximum Gasteiger partial charge on any atom is 0.433 e. The highest BCUT2D eigenvalue weighted by Crippen LogP contribution is 2.41. The van der Waals surface area contributed by atoms with Crippen LogP contribution in [-0.4, -0.2) is 55.6 Å². The average molecular weight is 433 g/mol. The summed E-state index contributed by atoms with van der Waals surface area (Å²) in [6.45, 7) is 5.80. The average Bonchev–Trinajstić information content (AvgIpc) is 2.89. The van der Waals surface area contributed by atoms with Gasteiger partial charge in [0, 0.05) is 30.1 Å². The van der Waals surface area contributed by atoms with E-state index in [1.165, 1.54) is 11.2 Å². The number of pyridine rings is 1. The Balaban J connectivity index is 1.50. The van der Waals surface area contributed by atoms with Crippen molar-refractivity contribution >= 4 is 10.0 Å². The monoisotopic (exact) mass is 433 g/mol. The van der Waals surface area contributed by atoms with Crippen molar-refractivity contribution < 1.29 is 26.3 Å². The molecule has 0 saturated carbocycles. The molecule has 6 nitrogen and oxygen atoms in total. The Morgan fingerprint density at radius 3 is 2.34 bits per heavy atom. The third-order valence-electron chi connectivity index (χ3n) is 6.27. The smallest absolute Gasteiger partial charge is 0.380 e. The van der Waals surface area contributed by atoms with Gasteiger partial charge in [0.1, 0.15) is 10.6 Å². The summed E-state index contributed by atoms with van der Waals surface area (Å²) in [7, 11) is -3.90. The first-order valence-corrected chi connectivity index (χ1v) is 11.3. The Labute approximate surface area is 168 Å². The van der Waals surface area contributed by atoms with Gasteiger partial charge in [0.2, 0.25) is 10.0 Å². The Morgan fingerprint density at radius 1 is 1.24 bits per heavy atom. The summed E-state index contributed by atoms with van der Waals surface area (Å²) in [4.78, 5) is 3.38. The molecule has 4 heterocycles. The SMILES string of the molecule is Cc1nc(C(F)(F)F)ccc1S(=O)(=O)N1C2CC[C@H]1CC(NCC1(C)COC1)C2. The lowest BCUT2D eigenvalue weighted by Crippen LogP contribution is -2.55. The largest absolute Gasteiger partial charge is 0.433 e. The Kier molecular flexibility index (Phi) is 5.20. The summed E-state index contributed by atoms with van der Waals surface area (Å²) in [5.74, 6) is 0. The number of alkyl halides is 3. The molecule has 0 spiro atoms. The standard InChI is InChI=1S/C19H26F3N3O3S/c1-12-16(5-6-17(24-12)19(20,21)22)29(26,27)25-14-3-4-15(25)8-13(7-14)23-9-18(2)10-28-11-18/h5-6,13-15,23H,3-4,7-11H2,1-2H3/t13?,14-,15?/m0/s1.